The summed E-state index contributed by atoms with van der Waals surface area (Å²) in [6.07, 6.45) is 7.57. The van der Waals surface area contributed by atoms with Crippen molar-refractivity contribution in [2.45, 2.75) is 71.2 Å². The van der Waals surface area contributed by atoms with Crippen LogP contribution in [0.2, 0.25) is 0 Å². The van der Waals surface area contributed by atoms with Gasteiger partial charge in [-0.2, -0.15) is 0 Å². The molecule has 0 aromatic rings. The molecule has 6 heteroatoms. The van der Waals surface area contributed by atoms with Crippen LogP contribution in [0.1, 0.15) is 59.3 Å². The van der Waals surface area contributed by atoms with Crippen molar-refractivity contribution < 1.29 is 28.5 Å². The fourth-order valence-corrected chi connectivity index (χ4v) is 4.20. The van der Waals surface area contributed by atoms with Crippen molar-refractivity contribution in [3.05, 3.63) is 24.3 Å². The molecule has 1 saturated heterocycles. The van der Waals surface area contributed by atoms with Crippen molar-refractivity contribution in [3.63, 3.8) is 0 Å². The number of hydrogen-bond acceptors (Lipinski definition) is 6. The SMILES string of the molecule is C=CC/C=C1\C2(CCCCC2)OC(OCC)C1(C(=O)OCC)C(=O)OCC. The van der Waals surface area contributed by atoms with Crippen molar-refractivity contribution in [1.82, 2.24) is 0 Å². The lowest BCUT2D eigenvalue weighted by atomic mass is 9.69. The van der Waals surface area contributed by atoms with Crippen LogP contribution in [0.3, 0.4) is 0 Å². The van der Waals surface area contributed by atoms with Gasteiger partial charge in [0.2, 0.25) is 5.41 Å². The first kappa shape index (κ1) is 21.6. The number of allylic oxidation sites excluding steroid dienone is 2. The van der Waals surface area contributed by atoms with Gasteiger partial charge in [-0.1, -0.05) is 31.4 Å². The van der Waals surface area contributed by atoms with Crippen LogP contribution < -0.4 is 0 Å². The van der Waals surface area contributed by atoms with Gasteiger partial charge in [0, 0.05) is 6.61 Å². The number of hydrogen-bond donors (Lipinski definition) is 0. The monoisotopic (exact) mass is 380 g/mol. The van der Waals surface area contributed by atoms with Crippen LogP contribution in [0.15, 0.2) is 24.3 Å². The van der Waals surface area contributed by atoms with E-state index in [2.05, 4.69) is 6.58 Å². The summed E-state index contributed by atoms with van der Waals surface area (Å²) in [6, 6.07) is 0. The summed E-state index contributed by atoms with van der Waals surface area (Å²) in [4.78, 5) is 26.4. The summed E-state index contributed by atoms with van der Waals surface area (Å²) in [5.41, 5.74) is -1.83. The molecule has 6 nitrogen and oxygen atoms in total. The Hall–Kier alpha value is -1.66. The van der Waals surface area contributed by atoms with Crippen molar-refractivity contribution in [3.8, 4) is 0 Å². The minimum Gasteiger partial charge on any atom is -0.465 e. The molecule has 0 aromatic carbocycles. The number of carbonyl (C=O) groups excluding carboxylic acids is 2. The molecule has 0 radical (unpaired) electrons. The van der Waals surface area contributed by atoms with Gasteiger partial charge in [0.25, 0.3) is 0 Å². The number of carbonyl (C=O) groups is 2. The first-order valence-corrected chi connectivity index (χ1v) is 9.99. The molecule has 1 saturated carbocycles. The normalized spacial score (nSPS) is 24.7. The molecule has 1 spiro atoms. The zero-order valence-corrected chi connectivity index (χ0v) is 16.8. The summed E-state index contributed by atoms with van der Waals surface area (Å²) >= 11 is 0. The quantitative estimate of drug-likeness (QED) is 0.363. The maximum Gasteiger partial charge on any atom is 0.333 e. The lowest BCUT2D eigenvalue weighted by molar-refractivity contribution is -0.217. The number of ether oxygens (including phenoxy) is 4. The lowest BCUT2D eigenvalue weighted by Gasteiger charge is -2.35. The smallest absolute Gasteiger partial charge is 0.333 e. The van der Waals surface area contributed by atoms with Gasteiger partial charge in [-0.25, -0.2) is 0 Å². The zero-order valence-electron chi connectivity index (χ0n) is 16.8. The van der Waals surface area contributed by atoms with E-state index in [1.807, 2.05) is 13.0 Å². The fraction of sp³-hybridized carbons (Fsp3) is 0.714. The van der Waals surface area contributed by atoms with Crippen molar-refractivity contribution in [1.29, 1.82) is 0 Å². The van der Waals surface area contributed by atoms with Gasteiger partial charge >= 0.3 is 11.9 Å². The Balaban J connectivity index is 2.68. The van der Waals surface area contributed by atoms with E-state index in [1.165, 1.54) is 0 Å². The predicted octanol–water partition coefficient (Wildman–Crippen LogP) is 3.70. The molecular formula is C21H32O6. The number of rotatable bonds is 8. The standard InChI is InChI=1S/C21H32O6/c1-5-9-13-16-20(14-11-10-12-15-20)27-19(26-8-4)21(16,17(22)24-6-2)18(23)25-7-3/h5,13,19H,1,6-12,14-15H2,2-4H3/b16-13+. The fourth-order valence-electron chi connectivity index (χ4n) is 4.20. The number of esters is 2. The summed E-state index contributed by atoms with van der Waals surface area (Å²) in [5.74, 6) is -1.33. The lowest BCUT2D eigenvalue weighted by Crippen LogP contribution is -2.51. The first-order chi connectivity index (χ1) is 13.0. The summed E-state index contributed by atoms with van der Waals surface area (Å²) in [6.45, 7) is 9.62. The molecule has 152 valence electrons. The van der Waals surface area contributed by atoms with E-state index in [1.54, 1.807) is 19.9 Å². The average molecular weight is 380 g/mol. The topological polar surface area (TPSA) is 71.1 Å². The Bertz CT molecular complexity index is 555. The van der Waals surface area contributed by atoms with Gasteiger partial charge in [0.15, 0.2) is 6.29 Å². The van der Waals surface area contributed by atoms with Crippen LogP contribution >= 0.6 is 0 Å². The van der Waals surface area contributed by atoms with Crippen molar-refractivity contribution in [2.24, 2.45) is 5.41 Å². The Morgan fingerprint density at radius 1 is 1.07 bits per heavy atom. The van der Waals surface area contributed by atoms with Gasteiger partial charge in [-0.15, -0.1) is 6.58 Å². The van der Waals surface area contributed by atoms with Crippen LogP contribution in [0.5, 0.6) is 0 Å². The largest absolute Gasteiger partial charge is 0.465 e. The highest BCUT2D eigenvalue weighted by Gasteiger charge is 2.70. The van der Waals surface area contributed by atoms with Gasteiger partial charge in [0.05, 0.1) is 18.8 Å². The van der Waals surface area contributed by atoms with Crippen molar-refractivity contribution >= 4 is 11.9 Å². The molecule has 1 unspecified atom stereocenters. The zero-order chi connectivity index (χ0) is 19.9. The second-order valence-electron chi connectivity index (χ2n) is 6.85. The van der Waals surface area contributed by atoms with Crippen LogP contribution in [0.4, 0.5) is 0 Å². The van der Waals surface area contributed by atoms with E-state index in [0.29, 0.717) is 18.6 Å². The minimum atomic E-state index is -1.73. The van der Waals surface area contributed by atoms with Crippen LogP contribution in [-0.2, 0) is 28.5 Å². The van der Waals surface area contributed by atoms with E-state index < -0.39 is 29.2 Å². The van der Waals surface area contributed by atoms with Crippen molar-refractivity contribution in [2.75, 3.05) is 19.8 Å². The molecule has 1 aliphatic carbocycles. The molecule has 0 amide bonds. The maximum absolute atomic E-state index is 13.2. The second-order valence-corrected chi connectivity index (χ2v) is 6.85. The van der Waals surface area contributed by atoms with Crippen LogP contribution in [0, 0.1) is 5.41 Å². The predicted molar refractivity (Wildman–Crippen MR) is 101 cm³/mol. The summed E-state index contributed by atoms with van der Waals surface area (Å²) in [5, 5.41) is 0. The molecule has 0 aromatic heterocycles. The molecule has 2 aliphatic rings. The van der Waals surface area contributed by atoms with Gasteiger partial charge < -0.3 is 18.9 Å². The Morgan fingerprint density at radius 2 is 1.67 bits per heavy atom. The molecule has 1 aliphatic heterocycles. The van der Waals surface area contributed by atoms with E-state index in [4.69, 9.17) is 18.9 Å². The highest BCUT2D eigenvalue weighted by molar-refractivity contribution is 6.05. The minimum absolute atomic E-state index is 0.153. The Kier molecular flexibility index (Phi) is 7.62. The third-order valence-corrected chi connectivity index (χ3v) is 5.26. The first-order valence-electron chi connectivity index (χ1n) is 9.99. The summed E-state index contributed by atoms with van der Waals surface area (Å²) < 4.78 is 22.9. The molecule has 1 heterocycles. The molecule has 2 fully saturated rings. The molecule has 0 N–H and O–H groups in total. The third kappa shape index (κ3) is 3.83. The molecule has 1 atom stereocenters. The highest BCUT2D eigenvalue weighted by Crippen LogP contribution is 2.56. The molecular weight excluding hydrogens is 348 g/mol. The Morgan fingerprint density at radius 3 is 2.15 bits per heavy atom. The van der Waals surface area contributed by atoms with E-state index in [-0.39, 0.29) is 13.2 Å². The molecule has 0 bridgehead atoms. The van der Waals surface area contributed by atoms with E-state index >= 15 is 0 Å². The molecule has 2 rings (SSSR count). The second kappa shape index (κ2) is 9.51. The maximum atomic E-state index is 13.2. The third-order valence-electron chi connectivity index (χ3n) is 5.26. The molecule has 27 heavy (non-hydrogen) atoms. The average Bonchev–Trinajstić information content (AvgIpc) is 2.91. The van der Waals surface area contributed by atoms with Gasteiger partial charge in [-0.05, 0) is 45.6 Å². The van der Waals surface area contributed by atoms with E-state index in [9.17, 15) is 9.59 Å². The van der Waals surface area contributed by atoms with E-state index in [0.717, 1.165) is 32.1 Å². The van der Waals surface area contributed by atoms with Gasteiger partial charge in [0.1, 0.15) is 0 Å². The van der Waals surface area contributed by atoms with Gasteiger partial charge in [-0.3, -0.25) is 9.59 Å². The van der Waals surface area contributed by atoms with Crippen LogP contribution in [-0.4, -0.2) is 43.7 Å². The highest BCUT2D eigenvalue weighted by atomic mass is 16.7. The van der Waals surface area contributed by atoms with Crippen LogP contribution in [0.25, 0.3) is 0 Å². The summed E-state index contributed by atoms with van der Waals surface area (Å²) in [7, 11) is 0. The Labute approximate surface area is 161 Å².